The van der Waals surface area contributed by atoms with Gasteiger partial charge in [-0.1, -0.05) is 31.5 Å². The maximum Gasteiger partial charge on any atom is 0.187 e. The molecule has 1 aliphatic rings. The summed E-state index contributed by atoms with van der Waals surface area (Å²) in [5, 5.41) is 17.8. The van der Waals surface area contributed by atoms with Gasteiger partial charge in [-0.25, -0.2) is 0 Å². The molecule has 0 radical (unpaired) electrons. The molecule has 0 atom stereocenters. The number of aliphatic hydroxyl groups excluding tert-OH is 1. The highest BCUT2D eigenvalue weighted by atomic mass is 16.3. The van der Waals surface area contributed by atoms with Gasteiger partial charge in [0.05, 0.1) is 5.69 Å². The number of aryl methyl sites for hydroxylation is 1. The van der Waals surface area contributed by atoms with E-state index < -0.39 is 0 Å². The van der Waals surface area contributed by atoms with Gasteiger partial charge in [-0.05, 0) is 24.5 Å². The average molecular weight is 258 g/mol. The van der Waals surface area contributed by atoms with Crippen molar-refractivity contribution >= 4 is 11.5 Å². The van der Waals surface area contributed by atoms with Gasteiger partial charge in [-0.15, -0.1) is 5.11 Å². The van der Waals surface area contributed by atoms with Crippen LogP contribution in [0.5, 0.6) is 0 Å². The van der Waals surface area contributed by atoms with Gasteiger partial charge in [0.2, 0.25) is 0 Å². The number of hydrogen-bond acceptors (Lipinski definition) is 4. The van der Waals surface area contributed by atoms with Crippen molar-refractivity contribution in [2.24, 2.45) is 15.6 Å². The molecule has 1 aliphatic carbocycles. The molecule has 1 N–H and O–H groups in total. The molecule has 100 valence electrons. The van der Waals surface area contributed by atoms with Crippen LogP contribution in [0, 0.1) is 12.3 Å². The highest BCUT2D eigenvalue weighted by Crippen LogP contribution is 2.36. The highest BCUT2D eigenvalue weighted by molar-refractivity contribution is 5.96. The number of aliphatic hydroxyl groups is 1. The molecule has 2 rings (SSSR count). The van der Waals surface area contributed by atoms with E-state index in [1.165, 1.54) is 0 Å². The zero-order valence-corrected chi connectivity index (χ0v) is 11.5. The Kier molecular flexibility index (Phi) is 3.51. The third-order valence-corrected chi connectivity index (χ3v) is 3.12. The average Bonchev–Trinajstić information content (AvgIpc) is 2.29. The molecule has 0 saturated carbocycles. The second-order valence-corrected chi connectivity index (χ2v) is 5.77. The Morgan fingerprint density at radius 3 is 2.32 bits per heavy atom. The number of azo groups is 1. The Labute approximate surface area is 112 Å². The first kappa shape index (κ1) is 13.5. The van der Waals surface area contributed by atoms with Crippen molar-refractivity contribution in [3.8, 4) is 0 Å². The summed E-state index contributed by atoms with van der Waals surface area (Å²) in [6.07, 6.45) is 0.848. The van der Waals surface area contributed by atoms with Crippen molar-refractivity contribution in [1.82, 2.24) is 0 Å². The van der Waals surface area contributed by atoms with Gasteiger partial charge >= 0.3 is 0 Å². The SMILES string of the molecule is Cc1ccc(N=NC2=C(O)CC(C)(C)CC2=O)cc1. The van der Waals surface area contributed by atoms with Crippen molar-refractivity contribution in [1.29, 1.82) is 0 Å². The lowest BCUT2D eigenvalue weighted by Gasteiger charge is -2.27. The lowest BCUT2D eigenvalue weighted by molar-refractivity contribution is -0.118. The summed E-state index contributed by atoms with van der Waals surface area (Å²) in [5.74, 6) is -0.110. The summed E-state index contributed by atoms with van der Waals surface area (Å²) in [4.78, 5) is 11.9. The fourth-order valence-electron chi connectivity index (χ4n) is 2.11. The van der Waals surface area contributed by atoms with Gasteiger partial charge in [-0.3, -0.25) is 4.79 Å². The Morgan fingerprint density at radius 2 is 1.74 bits per heavy atom. The Hall–Kier alpha value is -1.97. The Bertz CT molecular complexity index is 554. The maximum absolute atomic E-state index is 11.9. The minimum Gasteiger partial charge on any atom is -0.510 e. The summed E-state index contributed by atoms with van der Waals surface area (Å²) in [6.45, 7) is 5.89. The Balaban J connectivity index is 2.23. The second-order valence-electron chi connectivity index (χ2n) is 5.77. The van der Waals surface area contributed by atoms with Crippen LogP contribution >= 0.6 is 0 Å². The molecule has 4 heteroatoms. The van der Waals surface area contributed by atoms with Crippen LogP contribution in [0.2, 0.25) is 0 Å². The van der Waals surface area contributed by atoms with E-state index in [0.717, 1.165) is 5.56 Å². The molecular weight excluding hydrogens is 240 g/mol. The van der Waals surface area contributed by atoms with E-state index in [9.17, 15) is 9.90 Å². The summed E-state index contributed by atoms with van der Waals surface area (Å²) < 4.78 is 0. The van der Waals surface area contributed by atoms with Gasteiger partial charge in [0, 0.05) is 12.8 Å². The fraction of sp³-hybridized carbons (Fsp3) is 0.400. The molecule has 0 saturated heterocycles. The maximum atomic E-state index is 11.9. The number of benzene rings is 1. The number of hydrogen-bond donors (Lipinski definition) is 1. The molecule has 1 aromatic carbocycles. The molecule has 1 aromatic rings. The van der Waals surface area contributed by atoms with Crippen LogP contribution in [0.4, 0.5) is 5.69 Å². The molecule has 0 heterocycles. The number of rotatable bonds is 2. The zero-order valence-electron chi connectivity index (χ0n) is 11.5. The number of carbonyl (C=O) groups excluding carboxylic acids is 1. The predicted octanol–water partition coefficient (Wildman–Crippen LogP) is 4.24. The first-order chi connectivity index (χ1) is 8.87. The first-order valence-corrected chi connectivity index (χ1v) is 6.31. The van der Waals surface area contributed by atoms with E-state index in [0.29, 0.717) is 18.5 Å². The topological polar surface area (TPSA) is 62.0 Å². The molecule has 0 fully saturated rings. The predicted molar refractivity (Wildman–Crippen MR) is 73.4 cm³/mol. The lowest BCUT2D eigenvalue weighted by Crippen LogP contribution is -2.25. The number of ketones is 1. The lowest BCUT2D eigenvalue weighted by atomic mass is 9.78. The summed E-state index contributed by atoms with van der Waals surface area (Å²) in [6, 6.07) is 7.50. The number of nitrogens with zero attached hydrogens (tertiary/aromatic N) is 2. The zero-order chi connectivity index (χ0) is 14.0. The quantitative estimate of drug-likeness (QED) is 0.806. The van der Waals surface area contributed by atoms with Gasteiger partial charge in [-0.2, -0.15) is 5.11 Å². The largest absolute Gasteiger partial charge is 0.510 e. The van der Waals surface area contributed by atoms with E-state index in [1.54, 1.807) is 0 Å². The van der Waals surface area contributed by atoms with Crippen LogP contribution in [0.15, 0.2) is 46.0 Å². The fourth-order valence-corrected chi connectivity index (χ4v) is 2.11. The normalized spacial score (nSPS) is 19.2. The highest BCUT2D eigenvalue weighted by Gasteiger charge is 2.33. The minimum absolute atomic E-state index is 0.0390. The summed E-state index contributed by atoms with van der Waals surface area (Å²) in [7, 11) is 0. The van der Waals surface area contributed by atoms with E-state index in [1.807, 2.05) is 45.0 Å². The third-order valence-electron chi connectivity index (χ3n) is 3.12. The molecule has 0 amide bonds. The summed E-state index contributed by atoms with van der Waals surface area (Å²) in [5.41, 5.74) is 1.70. The molecule has 0 aliphatic heterocycles. The molecule has 4 nitrogen and oxygen atoms in total. The van der Waals surface area contributed by atoms with Gasteiger partial charge in [0.25, 0.3) is 0 Å². The van der Waals surface area contributed by atoms with Crippen molar-refractivity contribution in [2.45, 2.75) is 33.6 Å². The monoisotopic (exact) mass is 258 g/mol. The standard InChI is InChI=1S/C15H18N2O2/c1-10-4-6-11(7-5-10)16-17-14-12(18)8-15(2,3)9-13(14)19/h4-7,18H,8-9H2,1-3H3. The van der Waals surface area contributed by atoms with Crippen molar-refractivity contribution < 1.29 is 9.90 Å². The summed E-state index contributed by atoms with van der Waals surface area (Å²) >= 11 is 0. The van der Waals surface area contributed by atoms with Crippen LogP contribution in [0.3, 0.4) is 0 Å². The van der Waals surface area contributed by atoms with Crippen LogP contribution in [-0.2, 0) is 4.79 Å². The van der Waals surface area contributed by atoms with Crippen molar-refractivity contribution in [3.63, 3.8) is 0 Å². The van der Waals surface area contributed by atoms with Crippen LogP contribution < -0.4 is 0 Å². The molecule has 0 bridgehead atoms. The van der Waals surface area contributed by atoms with Crippen molar-refractivity contribution in [3.05, 3.63) is 41.3 Å². The second kappa shape index (κ2) is 4.96. The number of carbonyl (C=O) groups is 1. The molecule has 0 spiro atoms. The van der Waals surface area contributed by atoms with Crippen LogP contribution in [0.25, 0.3) is 0 Å². The number of Topliss-reactive ketones (excluding diaryl/α,β-unsaturated/α-hetero) is 1. The minimum atomic E-state index is -0.204. The smallest absolute Gasteiger partial charge is 0.187 e. The molecule has 0 unspecified atom stereocenters. The number of allylic oxidation sites excluding steroid dienone is 2. The van der Waals surface area contributed by atoms with Crippen LogP contribution in [0.1, 0.15) is 32.3 Å². The van der Waals surface area contributed by atoms with Crippen molar-refractivity contribution in [2.75, 3.05) is 0 Å². The van der Waals surface area contributed by atoms with E-state index in [4.69, 9.17) is 0 Å². The van der Waals surface area contributed by atoms with Gasteiger partial charge in [0.15, 0.2) is 11.5 Å². The molecular formula is C15H18N2O2. The van der Waals surface area contributed by atoms with E-state index in [2.05, 4.69) is 10.2 Å². The van der Waals surface area contributed by atoms with Crippen LogP contribution in [-0.4, -0.2) is 10.9 Å². The van der Waals surface area contributed by atoms with Gasteiger partial charge < -0.3 is 5.11 Å². The molecule has 0 aromatic heterocycles. The molecule has 19 heavy (non-hydrogen) atoms. The van der Waals surface area contributed by atoms with Gasteiger partial charge in [0.1, 0.15) is 5.76 Å². The first-order valence-electron chi connectivity index (χ1n) is 6.31. The van der Waals surface area contributed by atoms with E-state index in [-0.39, 0.29) is 22.7 Å². The van der Waals surface area contributed by atoms with E-state index >= 15 is 0 Å². The third kappa shape index (κ3) is 3.28. The Morgan fingerprint density at radius 1 is 1.11 bits per heavy atom.